The summed E-state index contributed by atoms with van der Waals surface area (Å²) in [5.74, 6) is 0.405. The van der Waals surface area contributed by atoms with Gasteiger partial charge in [0.15, 0.2) is 0 Å². The lowest BCUT2D eigenvalue weighted by Crippen LogP contribution is -2.24. The minimum atomic E-state index is -0.167. The molecule has 0 heterocycles. The maximum Gasteiger partial charge on any atom is 0.243 e. The molecule has 2 N–H and O–H groups in total. The number of hydrogen-bond donors (Lipinski definition) is 2. The molecule has 2 aromatic carbocycles. The number of benzene rings is 2. The fraction of sp³-hybridized carbons (Fsp3) is 0.316. The average molecular weight is 347 g/mol. The fourth-order valence-corrected chi connectivity index (χ4v) is 2.61. The number of anilines is 2. The predicted octanol–water partition coefficient (Wildman–Crippen LogP) is 4.70. The number of carbonyl (C=O) groups excluding carboxylic acids is 1. The molecule has 0 unspecified atom stereocenters. The average Bonchev–Trinajstić information content (AvgIpc) is 2.52. The van der Waals surface area contributed by atoms with Crippen LogP contribution in [-0.2, 0) is 10.2 Å². The number of methoxy groups -OCH3 is 1. The first-order valence-corrected chi connectivity index (χ1v) is 8.16. The van der Waals surface area contributed by atoms with Crippen LogP contribution in [0.3, 0.4) is 0 Å². The maximum atomic E-state index is 12.3. The molecule has 0 fully saturated rings. The summed E-state index contributed by atoms with van der Waals surface area (Å²) < 4.78 is 5.23. The highest BCUT2D eigenvalue weighted by Gasteiger charge is 2.17. The summed E-state index contributed by atoms with van der Waals surface area (Å²) in [4.78, 5) is 12.3. The Morgan fingerprint density at radius 2 is 1.83 bits per heavy atom. The molecule has 24 heavy (non-hydrogen) atoms. The van der Waals surface area contributed by atoms with E-state index in [1.807, 2.05) is 18.2 Å². The van der Waals surface area contributed by atoms with Crippen molar-refractivity contribution in [3.8, 4) is 5.75 Å². The van der Waals surface area contributed by atoms with Gasteiger partial charge in [0.25, 0.3) is 0 Å². The second-order valence-electron chi connectivity index (χ2n) is 6.54. The van der Waals surface area contributed by atoms with Crippen molar-refractivity contribution >= 4 is 28.9 Å². The number of para-hydroxylation sites is 1. The summed E-state index contributed by atoms with van der Waals surface area (Å²) in [5, 5.41) is 6.56. The summed E-state index contributed by atoms with van der Waals surface area (Å²) in [5.41, 5.74) is 2.67. The molecule has 128 valence electrons. The molecule has 0 aliphatic carbocycles. The molecule has 0 aliphatic rings. The Labute approximate surface area is 148 Å². The van der Waals surface area contributed by atoms with Crippen molar-refractivity contribution < 1.29 is 9.53 Å². The van der Waals surface area contributed by atoms with Crippen LogP contribution in [0.1, 0.15) is 26.3 Å². The molecule has 0 aliphatic heterocycles. The number of ether oxygens (including phenoxy) is 1. The van der Waals surface area contributed by atoms with E-state index in [1.54, 1.807) is 25.3 Å². The Hall–Kier alpha value is -2.20. The molecule has 5 heteroatoms. The minimum Gasteiger partial charge on any atom is -0.495 e. The van der Waals surface area contributed by atoms with Gasteiger partial charge in [0.05, 0.1) is 19.3 Å². The summed E-state index contributed by atoms with van der Waals surface area (Å²) in [7, 11) is 1.55. The molecule has 0 aromatic heterocycles. The van der Waals surface area contributed by atoms with Crippen LogP contribution in [0.15, 0.2) is 42.5 Å². The molecule has 4 nitrogen and oxygen atoms in total. The highest BCUT2D eigenvalue weighted by atomic mass is 35.5. The van der Waals surface area contributed by atoms with Crippen molar-refractivity contribution in [2.75, 3.05) is 24.3 Å². The third-order valence-electron chi connectivity index (χ3n) is 3.61. The maximum absolute atomic E-state index is 12.3. The molecule has 1 amide bonds. The van der Waals surface area contributed by atoms with E-state index < -0.39 is 0 Å². The van der Waals surface area contributed by atoms with Gasteiger partial charge in [-0.05, 0) is 35.2 Å². The minimum absolute atomic E-state index is 0.00373. The SMILES string of the molecule is COc1ccc(Cl)cc1NC(=O)CNc1ccccc1C(C)(C)C. The quantitative estimate of drug-likeness (QED) is 0.825. The van der Waals surface area contributed by atoms with Crippen molar-refractivity contribution in [1.29, 1.82) is 0 Å². The molecular formula is C19H23ClN2O2. The molecule has 0 atom stereocenters. The van der Waals surface area contributed by atoms with Gasteiger partial charge in [-0.15, -0.1) is 0 Å². The Morgan fingerprint density at radius 1 is 1.12 bits per heavy atom. The lowest BCUT2D eigenvalue weighted by molar-refractivity contribution is -0.114. The van der Waals surface area contributed by atoms with Crippen LogP contribution in [0.25, 0.3) is 0 Å². The summed E-state index contributed by atoms with van der Waals surface area (Å²) in [6, 6.07) is 13.1. The number of hydrogen-bond acceptors (Lipinski definition) is 3. The van der Waals surface area contributed by atoms with E-state index in [0.29, 0.717) is 16.5 Å². The number of carbonyl (C=O) groups is 1. The molecule has 2 rings (SSSR count). The molecular weight excluding hydrogens is 324 g/mol. The monoisotopic (exact) mass is 346 g/mol. The first-order valence-electron chi connectivity index (χ1n) is 7.78. The van der Waals surface area contributed by atoms with E-state index in [2.05, 4.69) is 37.5 Å². The number of rotatable bonds is 5. The lowest BCUT2D eigenvalue weighted by atomic mass is 9.86. The Kier molecular flexibility index (Phi) is 5.73. The van der Waals surface area contributed by atoms with Gasteiger partial charge in [0, 0.05) is 10.7 Å². The smallest absolute Gasteiger partial charge is 0.243 e. The summed E-state index contributed by atoms with van der Waals surface area (Å²) >= 11 is 5.98. The second kappa shape index (κ2) is 7.58. The van der Waals surface area contributed by atoms with Crippen LogP contribution in [0, 0.1) is 0 Å². The zero-order chi connectivity index (χ0) is 17.7. The van der Waals surface area contributed by atoms with E-state index in [9.17, 15) is 4.79 Å². The van der Waals surface area contributed by atoms with Crippen LogP contribution < -0.4 is 15.4 Å². The van der Waals surface area contributed by atoms with Crippen molar-refractivity contribution in [3.63, 3.8) is 0 Å². The van der Waals surface area contributed by atoms with Gasteiger partial charge in [0.1, 0.15) is 5.75 Å². The molecule has 0 bridgehead atoms. The highest BCUT2D eigenvalue weighted by molar-refractivity contribution is 6.31. The normalized spacial score (nSPS) is 11.0. The fourth-order valence-electron chi connectivity index (χ4n) is 2.44. The second-order valence-corrected chi connectivity index (χ2v) is 6.98. The van der Waals surface area contributed by atoms with Crippen LogP contribution in [-0.4, -0.2) is 19.6 Å². The largest absolute Gasteiger partial charge is 0.495 e. The zero-order valence-corrected chi connectivity index (χ0v) is 15.2. The van der Waals surface area contributed by atoms with Crippen molar-refractivity contribution in [2.45, 2.75) is 26.2 Å². The molecule has 2 aromatic rings. The molecule has 0 saturated carbocycles. The van der Waals surface area contributed by atoms with Crippen molar-refractivity contribution in [3.05, 3.63) is 53.1 Å². The van der Waals surface area contributed by atoms with E-state index in [4.69, 9.17) is 16.3 Å². The van der Waals surface area contributed by atoms with Crippen LogP contribution >= 0.6 is 11.6 Å². The Bertz CT molecular complexity index is 724. The third kappa shape index (κ3) is 4.65. The van der Waals surface area contributed by atoms with Crippen LogP contribution in [0.2, 0.25) is 5.02 Å². The van der Waals surface area contributed by atoms with Gasteiger partial charge in [-0.3, -0.25) is 4.79 Å². The first-order chi connectivity index (χ1) is 11.3. The third-order valence-corrected chi connectivity index (χ3v) is 3.85. The van der Waals surface area contributed by atoms with Gasteiger partial charge in [-0.25, -0.2) is 0 Å². The standard InChI is InChI=1S/C19H23ClN2O2/c1-19(2,3)14-7-5-6-8-15(14)21-12-18(23)22-16-11-13(20)9-10-17(16)24-4/h5-11,21H,12H2,1-4H3,(H,22,23). The highest BCUT2D eigenvalue weighted by Crippen LogP contribution is 2.30. The first kappa shape index (κ1) is 18.1. The van der Waals surface area contributed by atoms with Gasteiger partial charge in [-0.2, -0.15) is 0 Å². The van der Waals surface area contributed by atoms with E-state index in [-0.39, 0.29) is 17.9 Å². The van der Waals surface area contributed by atoms with Gasteiger partial charge in [0.2, 0.25) is 5.91 Å². The number of nitrogens with one attached hydrogen (secondary N) is 2. The number of amides is 1. The van der Waals surface area contributed by atoms with Crippen LogP contribution in [0.4, 0.5) is 11.4 Å². The van der Waals surface area contributed by atoms with Gasteiger partial charge >= 0.3 is 0 Å². The van der Waals surface area contributed by atoms with E-state index in [1.165, 1.54) is 0 Å². The Balaban J connectivity index is 2.06. The van der Waals surface area contributed by atoms with E-state index >= 15 is 0 Å². The van der Waals surface area contributed by atoms with Crippen molar-refractivity contribution in [1.82, 2.24) is 0 Å². The topological polar surface area (TPSA) is 50.4 Å². The van der Waals surface area contributed by atoms with Gasteiger partial charge in [-0.1, -0.05) is 50.6 Å². The zero-order valence-electron chi connectivity index (χ0n) is 14.4. The summed E-state index contributed by atoms with van der Waals surface area (Å²) in [6.07, 6.45) is 0. The van der Waals surface area contributed by atoms with Gasteiger partial charge < -0.3 is 15.4 Å². The lowest BCUT2D eigenvalue weighted by Gasteiger charge is -2.23. The molecule has 0 radical (unpaired) electrons. The summed E-state index contributed by atoms with van der Waals surface area (Å²) in [6.45, 7) is 6.59. The molecule has 0 spiro atoms. The van der Waals surface area contributed by atoms with Crippen molar-refractivity contribution in [2.24, 2.45) is 0 Å². The predicted molar refractivity (Wildman–Crippen MR) is 100 cm³/mol. The van der Waals surface area contributed by atoms with Crippen LogP contribution in [0.5, 0.6) is 5.75 Å². The number of halogens is 1. The van der Waals surface area contributed by atoms with E-state index in [0.717, 1.165) is 11.3 Å². The Morgan fingerprint density at radius 3 is 2.50 bits per heavy atom. The molecule has 0 saturated heterocycles.